The zero-order valence-electron chi connectivity index (χ0n) is 15.5. The van der Waals surface area contributed by atoms with E-state index >= 15 is 0 Å². The van der Waals surface area contributed by atoms with E-state index < -0.39 is 0 Å². The van der Waals surface area contributed by atoms with Crippen LogP contribution < -0.4 is 10.6 Å². The maximum absolute atomic E-state index is 5.46. The third-order valence-corrected chi connectivity index (χ3v) is 4.69. The lowest BCUT2D eigenvalue weighted by Crippen LogP contribution is -2.47. The Labute approximate surface area is 146 Å². The number of ether oxygens (including phenoxy) is 1. The topological polar surface area (TPSA) is 48.9 Å². The molecule has 1 heterocycles. The van der Waals surface area contributed by atoms with Crippen LogP contribution in [0.5, 0.6) is 0 Å². The van der Waals surface area contributed by atoms with Crippen LogP contribution in [0.2, 0.25) is 0 Å². The second kappa shape index (κ2) is 9.04. The van der Waals surface area contributed by atoms with Gasteiger partial charge in [-0.3, -0.25) is 9.89 Å². The van der Waals surface area contributed by atoms with Crippen molar-refractivity contribution in [2.45, 2.75) is 38.3 Å². The highest BCUT2D eigenvalue weighted by molar-refractivity contribution is 5.79. The molecule has 0 spiro atoms. The van der Waals surface area contributed by atoms with Crippen molar-refractivity contribution in [3.05, 3.63) is 35.9 Å². The minimum absolute atomic E-state index is 0.217. The van der Waals surface area contributed by atoms with E-state index in [0.29, 0.717) is 12.6 Å². The molecule has 5 heteroatoms. The van der Waals surface area contributed by atoms with Gasteiger partial charge in [0, 0.05) is 27.2 Å². The molecular weight excluding hydrogens is 300 g/mol. The van der Waals surface area contributed by atoms with E-state index in [1.54, 1.807) is 7.11 Å². The van der Waals surface area contributed by atoms with Crippen LogP contribution in [0.25, 0.3) is 0 Å². The molecule has 2 N–H and O–H groups in total. The first-order valence-corrected chi connectivity index (χ1v) is 8.84. The molecule has 1 aliphatic heterocycles. The fraction of sp³-hybridized carbons (Fsp3) is 0.632. The van der Waals surface area contributed by atoms with Gasteiger partial charge < -0.3 is 15.4 Å². The van der Waals surface area contributed by atoms with E-state index in [1.807, 2.05) is 7.05 Å². The Morgan fingerprint density at radius 1 is 1.21 bits per heavy atom. The molecule has 2 rings (SSSR count). The van der Waals surface area contributed by atoms with Crippen molar-refractivity contribution in [1.82, 2.24) is 15.5 Å². The highest BCUT2D eigenvalue weighted by Crippen LogP contribution is 2.24. The molecule has 1 aromatic rings. The number of rotatable bonds is 7. The molecule has 1 saturated heterocycles. The van der Waals surface area contributed by atoms with Crippen LogP contribution in [0.1, 0.15) is 38.3 Å². The van der Waals surface area contributed by atoms with Gasteiger partial charge in [0.1, 0.15) is 0 Å². The van der Waals surface area contributed by atoms with Crippen molar-refractivity contribution in [1.29, 1.82) is 0 Å². The summed E-state index contributed by atoms with van der Waals surface area (Å²) in [4.78, 5) is 6.90. The van der Waals surface area contributed by atoms with Crippen LogP contribution in [0.3, 0.4) is 0 Å². The summed E-state index contributed by atoms with van der Waals surface area (Å²) in [5.41, 5.74) is 1.14. The summed E-state index contributed by atoms with van der Waals surface area (Å²) in [5.74, 6) is 0.820. The van der Waals surface area contributed by atoms with E-state index in [4.69, 9.17) is 4.74 Å². The second-order valence-electron chi connectivity index (χ2n) is 6.94. The molecule has 0 aromatic heterocycles. The number of methoxy groups -OCH3 is 1. The molecule has 1 aliphatic rings. The third-order valence-electron chi connectivity index (χ3n) is 4.69. The average molecular weight is 332 g/mol. The Bertz CT molecular complexity index is 509. The van der Waals surface area contributed by atoms with Gasteiger partial charge in [0.15, 0.2) is 5.96 Å². The Morgan fingerprint density at radius 3 is 2.46 bits per heavy atom. The van der Waals surface area contributed by atoms with Crippen molar-refractivity contribution in [3.8, 4) is 0 Å². The maximum atomic E-state index is 5.46. The smallest absolute Gasteiger partial charge is 0.191 e. The van der Waals surface area contributed by atoms with Gasteiger partial charge in [-0.25, -0.2) is 0 Å². The first-order valence-electron chi connectivity index (χ1n) is 8.84. The molecule has 5 nitrogen and oxygen atoms in total. The lowest BCUT2D eigenvalue weighted by Gasteiger charge is -2.29. The molecule has 1 fully saturated rings. The van der Waals surface area contributed by atoms with Crippen molar-refractivity contribution >= 4 is 5.96 Å². The number of likely N-dealkylation sites (tertiary alicyclic amines) is 1. The normalized spacial score (nSPS) is 17.8. The molecule has 1 unspecified atom stereocenters. The van der Waals surface area contributed by atoms with Crippen molar-refractivity contribution < 1.29 is 4.74 Å². The monoisotopic (exact) mass is 332 g/mol. The number of nitrogens with zero attached hydrogens (tertiary/aromatic N) is 2. The Balaban J connectivity index is 1.96. The molecular formula is C19H32N4O. The van der Waals surface area contributed by atoms with Gasteiger partial charge in [0.25, 0.3) is 0 Å². The molecule has 0 bridgehead atoms. The summed E-state index contributed by atoms with van der Waals surface area (Å²) in [5, 5.41) is 6.84. The predicted molar refractivity (Wildman–Crippen MR) is 100 cm³/mol. The lowest BCUT2D eigenvalue weighted by molar-refractivity contribution is 0.0268. The highest BCUT2D eigenvalue weighted by atomic mass is 16.5. The van der Waals surface area contributed by atoms with E-state index in [9.17, 15) is 0 Å². The SMILES string of the molecule is CN=C(NCC(c1ccccc1)N1CCCC1)NCC(C)(C)OC. The molecule has 1 aromatic carbocycles. The maximum Gasteiger partial charge on any atom is 0.191 e. The lowest BCUT2D eigenvalue weighted by atomic mass is 10.1. The predicted octanol–water partition coefficient (Wildman–Crippen LogP) is 2.41. The van der Waals surface area contributed by atoms with E-state index in [0.717, 1.165) is 12.5 Å². The molecule has 0 aliphatic carbocycles. The van der Waals surface area contributed by atoms with Crippen LogP contribution in [-0.4, -0.2) is 56.8 Å². The first kappa shape index (κ1) is 18.7. The van der Waals surface area contributed by atoms with Gasteiger partial charge in [-0.05, 0) is 45.3 Å². The average Bonchev–Trinajstić information content (AvgIpc) is 3.13. The fourth-order valence-electron chi connectivity index (χ4n) is 2.97. The van der Waals surface area contributed by atoms with Crippen LogP contribution in [0, 0.1) is 0 Å². The highest BCUT2D eigenvalue weighted by Gasteiger charge is 2.24. The molecule has 0 saturated carbocycles. The largest absolute Gasteiger partial charge is 0.377 e. The minimum atomic E-state index is -0.217. The molecule has 0 amide bonds. The molecule has 134 valence electrons. The van der Waals surface area contributed by atoms with Gasteiger partial charge in [-0.1, -0.05) is 30.3 Å². The van der Waals surface area contributed by atoms with Crippen molar-refractivity contribution in [2.24, 2.45) is 4.99 Å². The van der Waals surface area contributed by atoms with E-state index in [2.05, 4.69) is 64.7 Å². The Hall–Kier alpha value is -1.59. The van der Waals surface area contributed by atoms with Crippen LogP contribution >= 0.6 is 0 Å². The fourth-order valence-corrected chi connectivity index (χ4v) is 2.97. The summed E-state index contributed by atoms with van der Waals surface area (Å²) in [6.07, 6.45) is 2.58. The second-order valence-corrected chi connectivity index (χ2v) is 6.94. The van der Waals surface area contributed by atoms with Gasteiger partial charge >= 0.3 is 0 Å². The zero-order valence-corrected chi connectivity index (χ0v) is 15.5. The summed E-state index contributed by atoms with van der Waals surface area (Å²) >= 11 is 0. The quantitative estimate of drug-likeness (QED) is 0.595. The van der Waals surface area contributed by atoms with Gasteiger partial charge in [-0.15, -0.1) is 0 Å². The van der Waals surface area contributed by atoms with Crippen LogP contribution in [0.15, 0.2) is 35.3 Å². The standard InChI is InChI=1S/C19H32N4O/c1-19(2,24-4)15-22-18(20-3)21-14-17(23-12-8-9-13-23)16-10-6-5-7-11-16/h5-7,10-11,17H,8-9,12-15H2,1-4H3,(H2,20,21,22). The number of benzene rings is 1. The molecule has 1 atom stereocenters. The summed E-state index contributed by atoms with van der Waals surface area (Å²) < 4.78 is 5.46. The number of hydrogen-bond acceptors (Lipinski definition) is 3. The third kappa shape index (κ3) is 5.49. The molecule has 0 radical (unpaired) electrons. The van der Waals surface area contributed by atoms with Crippen molar-refractivity contribution in [2.75, 3.05) is 40.3 Å². The van der Waals surface area contributed by atoms with E-state index in [1.165, 1.54) is 31.5 Å². The number of aliphatic imine (C=N–C) groups is 1. The van der Waals surface area contributed by atoms with Crippen molar-refractivity contribution in [3.63, 3.8) is 0 Å². The van der Waals surface area contributed by atoms with Gasteiger partial charge in [-0.2, -0.15) is 0 Å². The molecule has 24 heavy (non-hydrogen) atoms. The minimum Gasteiger partial charge on any atom is -0.377 e. The van der Waals surface area contributed by atoms with E-state index in [-0.39, 0.29) is 5.60 Å². The summed E-state index contributed by atoms with van der Waals surface area (Å²) in [6.45, 7) is 8.02. The van der Waals surface area contributed by atoms with Gasteiger partial charge in [0.2, 0.25) is 0 Å². The summed E-state index contributed by atoms with van der Waals surface area (Å²) in [6, 6.07) is 11.1. The first-order chi connectivity index (χ1) is 11.6. The van der Waals surface area contributed by atoms with Crippen LogP contribution in [0.4, 0.5) is 0 Å². The van der Waals surface area contributed by atoms with Gasteiger partial charge in [0.05, 0.1) is 11.6 Å². The number of guanidine groups is 1. The Kier molecular flexibility index (Phi) is 7.06. The van der Waals surface area contributed by atoms with Crippen LogP contribution in [-0.2, 0) is 4.74 Å². The number of nitrogens with one attached hydrogen (secondary N) is 2. The number of hydrogen-bond donors (Lipinski definition) is 2. The summed E-state index contributed by atoms with van der Waals surface area (Å²) in [7, 11) is 3.54. The zero-order chi connectivity index (χ0) is 17.4. The Morgan fingerprint density at radius 2 is 1.88 bits per heavy atom.